The minimum Gasteiger partial charge on any atom is -0.343 e. The predicted molar refractivity (Wildman–Crippen MR) is 350 cm³/mol. The first-order valence-electron chi connectivity index (χ1n) is 34.6. The Morgan fingerprint density at radius 2 is 1.23 bits per heavy atom. The van der Waals surface area contributed by atoms with Crippen LogP contribution in [-0.4, -0.2) is 232 Å². The zero-order valence-corrected chi connectivity index (χ0v) is 59.7. The molecule has 7 rings (SSSR count). The van der Waals surface area contributed by atoms with Crippen LogP contribution in [0.25, 0.3) is 0 Å². The molecule has 2 aliphatic carbocycles. The number of fused-ring (bicyclic) bond motifs is 2. The molecule has 3 N–H and O–H groups in total. The zero-order chi connectivity index (χ0) is 76.2. The summed E-state index contributed by atoms with van der Waals surface area (Å²) >= 11 is 0. The molecule has 22 nitrogen and oxygen atoms in total. The van der Waals surface area contributed by atoms with Gasteiger partial charge in [0.15, 0.2) is 0 Å². The number of carbonyl (C=O) groups is 11. The number of nitrogens with zero attached hydrogens (tertiary/aromatic N) is 8. The van der Waals surface area contributed by atoms with E-state index in [1.54, 1.807) is 20.8 Å². The maximum Gasteiger partial charge on any atom is 0.422 e. The second-order valence-corrected chi connectivity index (χ2v) is 28.9. The van der Waals surface area contributed by atoms with E-state index in [4.69, 9.17) is 0 Å². The molecule has 2 aromatic rings. The van der Waals surface area contributed by atoms with E-state index >= 15 is 31.9 Å². The molecule has 5 aliphatic rings. The standard InChI is InChI=1S/C70H95F10N11O11/c1-13-39(4)56-64(100)86(9)41(6)60(96)90-29-26-49(90)63(99)88(11)51(34-42-20-23-45(24-21-42)69(75,76)77)62(98)84(7)36-53(92)81-48(25-22-43-32-46(71)55(47(72)33-43)70(78,79)80)61(97)91-37-68(73,74)35-52(91)59(95)83-67(27-17-28-67)66(102)89(12)57(44-18-15-14-16-19-44)65(101)85(8)40(5)31-54(93)87(10)50(30-38(2)3)58(94)82-56/h20-21,23-24,32-33,38-41,44,48-52,56-57H,13-19,22,25-31,34-37H2,1-12H3,(H,81,92)(H,82,94)(H,83,95)/t39-,40+,41-,48-,49-,50-,51-,52-,56-,57-/m0/s1. The molecule has 3 aliphatic heterocycles. The maximum atomic E-state index is 16.0. The largest absolute Gasteiger partial charge is 0.422 e. The smallest absolute Gasteiger partial charge is 0.343 e. The van der Waals surface area contributed by atoms with Gasteiger partial charge in [-0.25, -0.2) is 17.6 Å². The van der Waals surface area contributed by atoms with Gasteiger partial charge < -0.3 is 55.1 Å². The summed E-state index contributed by atoms with van der Waals surface area (Å²) < 4.78 is 145. The molecule has 2 saturated carbocycles. The van der Waals surface area contributed by atoms with E-state index in [9.17, 15) is 64.7 Å². The average molecular weight is 1460 g/mol. The summed E-state index contributed by atoms with van der Waals surface area (Å²) in [6, 6.07) is -8.95. The number of amides is 11. The van der Waals surface area contributed by atoms with Crippen molar-refractivity contribution in [1.29, 1.82) is 0 Å². The number of likely N-dealkylation sites (N-methyl/N-ethyl adjacent to an activating group) is 6. The van der Waals surface area contributed by atoms with Gasteiger partial charge in [-0.2, -0.15) is 26.3 Å². The first kappa shape index (κ1) is 81.2. The van der Waals surface area contributed by atoms with Crippen molar-refractivity contribution in [2.75, 3.05) is 61.9 Å². The number of benzene rings is 2. The van der Waals surface area contributed by atoms with Gasteiger partial charge in [0.1, 0.15) is 71.1 Å². The Balaban J connectivity index is 1.30. The van der Waals surface area contributed by atoms with Crippen LogP contribution in [0.5, 0.6) is 0 Å². The van der Waals surface area contributed by atoms with Gasteiger partial charge in [-0.3, -0.25) is 52.7 Å². The van der Waals surface area contributed by atoms with E-state index in [0.29, 0.717) is 55.6 Å². The summed E-state index contributed by atoms with van der Waals surface area (Å²) in [7, 11) is 7.77. The van der Waals surface area contributed by atoms with Gasteiger partial charge in [-0.15, -0.1) is 0 Å². The minimum atomic E-state index is -5.50. The second kappa shape index (κ2) is 32.7. The van der Waals surface area contributed by atoms with Crippen molar-refractivity contribution in [2.24, 2.45) is 17.8 Å². The molecular formula is C70H95F10N11O11. The quantitative estimate of drug-likeness (QED) is 0.210. The lowest BCUT2D eigenvalue weighted by Crippen LogP contribution is -2.68. The summed E-state index contributed by atoms with van der Waals surface area (Å²) in [5.74, 6) is -19.2. The van der Waals surface area contributed by atoms with Crippen LogP contribution in [0.1, 0.15) is 154 Å². The SMILES string of the molecule is CC[C@H](C)[C@@H]1NC(=O)[C@H](CC(C)C)N(C)C(=O)C[C@@H](C)N(C)C(=O)[C@H](C2CCCCC2)N(C)C(=O)C2(CCC2)NC(=O)[C@@H]2CC(F)(F)CN2C(=O)[C@H](CCc2cc(F)c(C(F)(F)F)c(F)c2)NC(=O)CN(C)C(=O)[C@H](Cc2ccc(C(F)(F)F)cc2)N(C)C(=O)[C@@H]2CCN2C(=O)[C@H](C)N(C)C1=O. The number of nitrogens with one attached hydrogen (secondary N) is 3. The van der Waals surface area contributed by atoms with Crippen molar-refractivity contribution >= 4 is 65.0 Å². The Morgan fingerprint density at radius 1 is 0.618 bits per heavy atom. The van der Waals surface area contributed by atoms with Gasteiger partial charge in [0.25, 0.3) is 5.92 Å². The van der Waals surface area contributed by atoms with E-state index in [1.807, 2.05) is 13.8 Å². The van der Waals surface area contributed by atoms with Crippen molar-refractivity contribution in [3.05, 3.63) is 70.3 Å². The van der Waals surface area contributed by atoms with Crippen LogP contribution in [0, 0.1) is 29.4 Å². The van der Waals surface area contributed by atoms with Crippen LogP contribution in [-0.2, 0) is 77.9 Å². The third-order valence-electron chi connectivity index (χ3n) is 21.2. The highest BCUT2D eigenvalue weighted by Gasteiger charge is 2.56. The molecule has 566 valence electrons. The van der Waals surface area contributed by atoms with E-state index in [2.05, 4.69) is 16.0 Å². The maximum absolute atomic E-state index is 16.0. The number of aryl methyl sites for hydroxylation is 1. The number of alkyl halides is 8. The average Bonchev–Trinajstić information content (AvgIpc) is 1.09. The van der Waals surface area contributed by atoms with Crippen LogP contribution in [0.2, 0.25) is 0 Å². The molecule has 0 bridgehead atoms. The number of hydrogen-bond donors (Lipinski definition) is 3. The lowest BCUT2D eigenvalue weighted by Gasteiger charge is -2.47. The van der Waals surface area contributed by atoms with Crippen molar-refractivity contribution in [3.8, 4) is 0 Å². The van der Waals surface area contributed by atoms with Crippen molar-refractivity contribution < 1.29 is 96.6 Å². The number of carbonyl (C=O) groups excluding carboxylic acids is 11. The van der Waals surface area contributed by atoms with E-state index in [1.165, 1.54) is 49.8 Å². The van der Waals surface area contributed by atoms with Crippen molar-refractivity contribution in [3.63, 3.8) is 0 Å². The predicted octanol–water partition coefficient (Wildman–Crippen LogP) is 6.73. The summed E-state index contributed by atoms with van der Waals surface area (Å²) in [4.78, 5) is 171. The molecule has 32 heteroatoms. The fourth-order valence-corrected chi connectivity index (χ4v) is 14.2. The molecule has 0 unspecified atom stereocenters. The van der Waals surface area contributed by atoms with Gasteiger partial charge in [-0.1, -0.05) is 65.5 Å². The van der Waals surface area contributed by atoms with Gasteiger partial charge in [0.2, 0.25) is 65.0 Å². The Kier molecular flexibility index (Phi) is 26.0. The topological polar surface area (TPSA) is 250 Å². The molecule has 11 amide bonds. The summed E-state index contributed by atoms with van der Waals surface area (Å²) in [6.45, 7) is 7.53. The normalized spacial score (nSPS) is 27.1. The number of halogens is 10. The highest BCUT2D eigenvalue weighted by molar-refractivity contribution is 6.00. The lowest BCUT2D eigenvalue weighted by atomic mass is 9.74. The van der Waals surface area contributed by atoms with Crippen LogP contribution < -0.4 is 16.0 Å². The molecule has 10 atom stereocenters. The number of hydrogen-bond acceptors (Lipinski definition) is 11. The molecule has 0 aromatic heterocycles. The first-order valence-corrected chi connectivity index (χ1v) is 34.6. The van der Waals surface area contributed by atoms with Crippen molar-refractivity contribution in [2.45, 2.75) is 222 Å². The molecule has 5 fully saturated rings. The lowest BCUT2D eigenvalue weighted by molar-refractivity contribution is -0.160. The van der Waals surface area contributed by atoms with Crippen LogP contribution in [0.4, 0.5) is 43.9 Å². The zero-order valence-electron chi connectivity index (χ0n) is 59.7. The molecule has 0 radical (unpaired) electrons. The Labute approximate surface area is 587 Å². The van der Waals surface area contributed by atoms with Gasteiger partial charge in [0.05, 0.1) is 18.7 Å². The Hall–Kier alpha value is -8.09. The molecule has 2 aromatic carbocycles. The third-order valence-corrected chi connectivity index (χ3v) is 21.2. The Morgan fingerprint density at radius 3 is 1.75 bits per heavy atom. The first-order chi connectivity index (χ1) is 47.4. The molecule has 1 spiro atoms. The summed E-state index contributed by atoms with van der Waals surface area (Å²) in [6.07, 6.45) is -10.3. The fourth-order valence-electron chi connectivity index (χ4n) is 14.2. The van der Waals surface area contributed by atoms with E-state index < -0.39 is 222 Å². The number of rotatable bonds is 10. The van der Waals surface area contributed by atoms with Crippen LogP contribution in [0.15, 0.2) is 36.4 Å². The third kappa shape index (κ3) is 18.4. The van der Waals surface area contributed by atoms with Crippen LogP contribution in [0.3, 0.4) is 0 Å². The highest BCUT2D eigenvalue weighted by Crippen LogP contribution is 2.41. The van der Waals surface area contributed by atoms with Crippen molar-refractivity contribution in [1.82, 2.24) is 55.1 Å². The highest BCUT2D eigenvalue weighted by atomic mass is 19.4. The molecular weight excluding hydrogens is 1360 g/mol. The Bertz CT molecular complexity index is 3440. The molecule has 3 saturated heterocycles. The van der Waals surface area contributed by atoms with E-state index in [-0.39, 0.29) is 50.1 Å². The minimum absolute atomic E-state index is 0.00307. The van der Waals surface area contributed by atoms with Gasteiger partial charge in [0, 0.05) is 74.1 Å². The monoisotopic (exact) mass is 1460 g/mol. The second-order valence-electron chi connectivity index (χ2n) is 28.9. The molecule has 3 heterocycles. The molecule has 102 heavy (non-hydrogen) atoms. The van der Waals surface area contributed by atoms with Gasteiger partial charge >= 0.3 is 12.4 Å². The summed E-state index contributed by atoms with van der Waals surface area (Å²) in [5.41, 5.74) is -5.62. The summed E-state index contributed by atoms with van der Waals surface area (Å²) in [5, 5.41) is 7.78. The van der Waals surface area contributed by atoms with E-state index in [0.717, 1.165) is 64.4 Å². The van der Waals surface area contributed by atoms with Gasteiger partial charge in [-0.05, 0) is 125 Å². The fraction of sp³-hybridized carbons (Fsp3) is 0.671. The van der Waals surface area contributed by atoms with Crippen LogP contribution >= 0.6 is 0 Å².